The highest BCUT2D eigenvalue weighted by atomic mass is 16.4. The summed E-state index contributed by atoms with van der Waals surface area (Å²) < 4.78 is 0. The van der Waals surface area contributed by atoms with Gasteiger partial charge >= 0.3 is 12.0 Å². The first kappa shape index (κ1) is 13.5. The predicted molar refractivity (Wildman–Crippen MR) is 60.4 cm³/mol. The zero-order valence-electron chi connectivity index (χ0n) is 10.3. The summed E-state index contributed by atoms with van der Waals surface area (Å²) in [5, 5.41) is 11.4. The quantitative estimate of drug-likeness (QED) is 0.703. The normalized spacial score (nSPS) is 25.9. The van der Waals surface area contributed by atoms with Crippen LogP contribution in [0.1, 0.15) is 40.0 Å². The summed E-state index contributed by atoms with van der Waals surface area (Å²) in [5.41, 5.74) is -0.962. The maximum absolute atomic E-state index is 12.1. The molecule has 0 unspecified atom stereocenters. The molecule has 0 aromatic heterocycles. The van der Waals surface area contributed by atoms with Crippen molar-refractivity contribution in [3.05, 3.63) is 0 Å². The van der Waals surface area contributed by atoms with E-state index in [0.29, 0.717) is 6.42 Å². The van der Waals surface area contributed by atoms with Crippen LogP contribution in [0, 0.1) is 0 Å². The van der Waals surface area contributed by atoms with Crippen LogP contribution in [0.3, 0.4) is 0 Å². The molecular formula is C11H18N2O4. The van der Waals surface area contributed by atoms with E-state index < -0.39 is 29.5 Å². The van der Waals surface area contributed by atoms with Crippen molar-refractivity contribution in [3.63, 3.8) is 0 Å². The van der Waals surface area contributed by atoms with Crippen LogP contribution in [-0.2, 0) is 9.59 Å². The molecular weight excluding hydrogens is 224 g/mol. The van der Waals surface area contributed by atoms with Gasteiger partial charge in [-0.3, -0.25) is 4.79 Å². The third-order valence-corrected chi connectivity index (χ3v) is 3.07. The second-order valence-corrected chi connectivity index (χ2v) is 4.56. The number of nitrogens with one attached hydrogen (secondary N) is 1. The van der Waals surface area contributed by atoms with Gasteiger partial charge in [-0.25, -0.2) is 14.5 Å². The Morgan fingerprint density at radius 2 is 2.12 bits per heavy atom. The van der Waals surface area contributed by atoms with Crippen LogP contribution >= 0.6 is 0 Å². The SMILES string of the molecule is CCCC[C@@]1(C)NC(=O)N([C@@H](C)C(=O)O)C1=O. The summed E-state index contributed by atoms with van der Waals surface area (Å²) in [6, 6.07) is -1.76. The van der Waals surface area contributed by atoms with E-state index in [1.165, 1.54) is 6.92 Å². The van der Waals surface area contributed by atoms with Crippen molar-refractivity contribution in [1.82, 2.24) is 10.2 Å². The lowest BCUT2D eigenvalue weighted by molar-refractivity contribution is -0.147. The number of urea groups is 1. The fraction of sp³-hybridized carbons (Fsp3) is 0.727. The van der Waals surface area contributed by atoms with Gasteiger partial charge in [0.1, 0.15) is 11.6 Å². The Morgan fingerprint density at radius 1 is 1.53 bits per heavy atom. The number of unbranched alkanes of at least 4 members (excludes halogenated alkanes) is 1. The van der Waals surface area contributed by atoms with E-state index in [4.69, 9.17) is 5.11 Å². The number of hydrogen-bond donors (Lipinski definition) is 2. The first-order valence-corrected chi connectivity index (χ1v) is 5.72. The first-order valence-electron chi connectivity index (χ1n) is 5.72. The van der Waals surface area contributed by atoms with E-state index >= 15 is 0 Å². The highest BCUT2D eigenvalue weighted by Crippen LogP contribution is 2.24. The van der Waals surface area contributed by atoms with Crippen molar-refractivity contribution in [2.24, 2.45) is 0 Å². The van der Waals surface area contributed by atoms with Crippen LogP contribution in [0.25, 0.3) is 0 Å². The minimum atomic E-state index is -1.19. The summed E-state index contributed by atoms with van der Waals surface area (Å²) in [4.78, 5) is 35.3. The molecule has 1 fully saturated rings. The molecule has 1 aliphatic rings. The highest BCUT2D eigenvalue weighted by molar-refractivity contribution is 6.09. The minimum Gasteiger partial charge on any atom is -0.480 e. The molecule has 2 atom stereocenters. The molecule has 96 valence electrons. The Labute approximate surface area is 100.0 Å². The van der Waals surface area contributed by atoms with Crippen LogP contribution in [-0.4, -0.2) is 39.5 Å². The number of nitrogens with zero attached hydrogens (tertiary/aromatic N) is 1. The standard InChI is InChI=1S/C11H18N2O4/c1-4-5-6-11(3)9(16)13(10(17)12-11)7(2)8(14)15/h7H,4-6H2,1-3H3,(H,12,17)(H,14,15)/t7-,11+/m0/s1. The summed E-state index contributed by atoms with van der Waals surface area (Å²) in [5.74, 6) is -1.64. The third kappa shape index (κ3) is 2.40. The molecule has 0 saturated carbocycles. The van der Waals surface area contributed by atoms with E-state index in [1.807, 2.05) is 6.92 Å². The molecule has 0 aromatic carbocycles. The Kier molecular flexibility index (Phi) is 3.75. The lowest BCUT2D eigenvalue weighted by Gasteiger charge is -2.22. The van der Waals surface area contributed by atoms with Crippen LogP contribution in [0.15, 0.2) is 0 Å². The van der Waals surface area contributed by atoms with Gasteiger partial charge in [-0.2, -0.15) is 0 Å². The number of rotatable bonds is 5. The van der Waals surface area contributed by atoms with Crippen molar-refractivity contribution in [3.8, 4) is 0 Å². The van der Waals surface area contributed by atoms with Gasteiger partial charge in [-0.15, -0.1) is 0 Å². The van der Waals surface area contributed by atoms with Crippen molar-refractivity contribution in [2.75, 3.05) is 0 Å². The molecule has 6 heteroatoms. The van der Waals surface area contributed by atoms with E-state index in [9.17, 15) is 14.4 Å². The average molecular weight is 242 g/mol. The summed E-state index contributed by atoms with van der Waals surface area (Å²) in [6.07, 6.45) is 2.24. The van der Waals surface area contributed by atoms with Gasteiger partial charge in [0, 0.05) is 0 Å². The van der Waals surface area contributed by atoms with Gasteiger partial charge in [0.25, 0.3) is 5.91 Å². The van der Waals surface area contributed by atoms with Crippen LogP contribution in [0.5, 0.6) is 0 Å². The molecule has 0 radical (unpaired) electrons. The largest absolute Gasteiger partial charge is 0.480 e. The molecule has 1 aliphatic heterocycles. The van der Waals surface area contributed by atoms with E-state index in [1.54, 1.807) is 6.92 Å². The van der Waals surface area contributed by atoms with E-state index in [2.05, 4.69) is 5.32 Å². The Morgan fingerprint density at radius 3 is 2.59 bits per heavy atom. The predicted octanol–water partition coefficient (Wildman–Crippen LogP) is 0.960. The second kappa shape index (κ2) is 4.73. The molecule has 1 rings (SSSR count). The zero-order chi connectivity index (χ0) is 13.2. The van der Waals surface area contributed by atoms with Crippen LogP contribution in [0.4, 0.5) is 4.79 Å². The van der Waals surface area contributed by atoms with E-state index in [0.717, 1.165) is 17.7 Å². The molecule has 0 bridgehead atoms. The molecule has 1 heterocycles. The number of carbonyl (C=O) groups excluding carboxylic acids is 2. The molecule has 0 spiro atoms. The topological polar surface area (TPSA) is 86.7 Å². The summed E-state index contributed by atoms with van der Waals surface area (Å²) in [7, 11) is 0. The average Bonchev–Trinajstić information content (AvgIpc) is 2.47. The smallest absolute Gasteiger partial charge is 0.326 e. The Hall–Kier alpha value is -1.59. The van der Waals surface area contributed by atoms with Crippen molar-refractivity contribution in [1.29, 1.82) is 0 Å². The number of aliphatic carboxylic acids is 1. The molecule has 6 nitrogen and oxygen atoms in total. The number of carbonyl (C=O) groups is 3. The van der Waals surface area contributed by atoms with Crippen molar-refractivity contribution < 1.29 is 19.5 Å². The minimum absolute atomic E-state index is 0.453. The lowest BCUT2D eigenvalue weighted by atomic mass is 9.95. The second-order valence-electron chi connectivity index (χ2n) is 4.56. The fourth-order valence-electron chi connectivity index (χ4n) is 1.87. The van der Waals surface area contributed by atoms with Crippen molar-refractivity contribution in [2.45, 2.75) is 51.6 Å². The summed E-state index contributed by atoms with van der Waals surface area (Å²) in [6.45, 7) is 4.95. The number of imide groups is 1. The lowest BCUT2D eigenvalue weighted by Crippen LogP contribution is -2.46. The molecule has 2 N–H and O–H groups in total. The van der Waals surface area contributed by atoms with Gasteiger partial charge < -0.3 is 10.4 Å². The maximum atomic E-state index is 12.1. The van der Waals surface area contributed by atoms with Gasteiger partial charge in [-0.1, -0.05) is 19.8 Å². The van der Waals surface area contributed by atoms with Gasteiger partial charge in [0.05, 0.1) is 0 Å². The molecule has 3 amide bonds. The number of amides is 3. The molecule has 1 saturated heterocycles. The van der Waals surface area contributed by atoms with Crippen molar-refractivity contribution >= 4 is 17.9 Å². The van der Waals surface area contributed by atoms with Gasteiger partial charge in [0.15, 0.2) is 0 Å². The molecule has 0 aliphatic carbocycles. The molecule has 17 heavy (non-hydrogen) atoms. The number of carboxylic acid groups (broad SMARTS) is 1. The van der Waals surface area contributed by atoms with Crippen LogP contribution in [0.2, 0.25) is 0 Å². The summed E-state index contributed by atoms with van der Waals surface area (Å²) >= 11 is 0. The number of carboxylic acids is 1. The molecule has 0 aromatic rings. The Balaban J connectivity index is 2.88. The fourth-order valence-corrected chi connectivity index (χ4v) is 1.87. The highest BCUT2D eigenvalue weighted by Gasteiger charge is 2.50. The van der Waals surface area contributed by atoms with Crippen LogP contribution < -0.4 is 5.32 Å². The first-order chi connectivity index (χ1) is 7.83. The van der Waals surface area contributed by atoms with Gasteiger partial charge in [-0.05, 0) is 20.3 Å². The zero-order valence-corrected chi connectivity index (χ0v) is 10.3. The van der Waals surface area contributed by atoms with Gasteiger partial charge in [0.2, 0.25) is 0 Å². The number of hydrogen-bond acceptors (Lipinski definition) is 3. The third-order valence-electron chi connectivity index (χ3n) is 3.07. The van der Waals surface area contributed by atoms with E-state index in [-0.39, 0.29) is 0 Å². The maximum Gasteiger partial charge on any atom is 0.326 e. The Bertz CT molecular complexity index is 355. The monoisotopic (exact) mass is 242 g/mol.